The predicted octanol–water partition coefficient (Wildman–Crippen LogP) is 1.31. The summed E-state index contributed by atoms with van der Waals surface area (Å²) < 4.78 is 9.43. The van der Waals surface area contributed by atoms with Crippen molar-refractivity contribution >= 4 is 5.97 Å². The molecule has 0 unspecified atom stereocenters. The second-order valence-corrected chi connectivity index (χ2v) is 2.90. The Morgan fingerprint density at radius 1 is 1.22 bits per heavy atom. The number of carbonyl (C=O) groups excluding carboxylic acids is 1. The van der Waals surface area contributed by atoms with Gasteiger partial charge in [0.15, 0.2) is 0 Å². The highest BCUT2D eigenvalue weighted by Crippen LogP contribution is 1.90. The van der Waals surface area contributed by atoms with Gasteiger partial charge in [-0.2, -0.15) is 0 Å². The summed E-state index contributed by atoms with van der Waals surface area (Å²) in [5.41, 5.74) is 0.414. The largest absolute Gasteiger partial charge is 0.458 e. The zero-order chi connectivity index (χ0) is 14.8. The number of esters is 1. The van der Waals surface area contributed by atoms with Gasteiger partial charge in [0, 0.05) is 18.8 Å². The molecule has 0 fully saturated rings. The first kappa shape index (κ1) is 22.0. The van der Waals surface area contributed by atoms with E-state index >= 15 is 0 Å². The van der Waals surface area contributed by atoms with Gasteiger partial charge < -0.3 is 19.7 Å². The molecule has 0 aliphatic rings. The highest BCUT2D eigenvalue weighted by atomic mass is 16.5. The zero-order valence-electron chi connectivity index (χ0n) is 11.6. The Balaban J connectivity index is -0.000000212. The molecule has 0 saturated heterocycles. The number of ether oxygens (including phenoxy) is 2. The maximum atomic E-state index is 10.5. The summed E-state index contributed by atoms with van der Waals surface area (Å²) in [5.74, 6) is -0.366. The Hall–Kier alpha value is -1.17. The number of hydrogen-bond donors (Lipinski definition) is 2. The first-order valence-electron chi connectivity index (χ1n) is 5.74. The quantitative estimate of drug-likeness (QED) is 0.429. The molecular weight excluding hydrogens is 236 g/mol. The summed E-state index contributed by atoms with van der Waals surface area (Å²) in [5, 5.41) is 15.2. The summed E-state index contributed by atoms with van der Waals surface area (Å²) in [7, 11) is 0. The molecule has 0 heterocycles. The van der Waals surface area contributed by atoms with Crippen LogP contribution in [0.4, 0.5) is 0 Å². The molecule has 0 aliphatic carbocycles. The molecule has 0 spiro atoms. The second kappa shape index (κ2) is 21.1. The van der Waals surface area contributed by atoms with E-state index in [1.165, 1.54) is 6.08 Å². The van der Waals surface area contributed by atoms with Crippen molar-refractivity contribution < 1.29 is 24.5 Å². The molecule has 108 valence electrons. The minimum absolute atomic E-state index is 0.125. The first-order chi connectivity index (χ1) is 8.51. The van der Waals surface area contributed by atoms with Gasteiger partial charge in [0.1, 0.15) is 6.61 Å². The molecular formula is C13H26O5. The van der Waals surface area contributed by atoms with Crippen molar-refractivity contribution in [2.24, 2.45) is 0 Å². The maximum absolute atomic E-state index is 10.5. The van der Waals surface area contributed by atoms with E-state index in [0.717, 1.165) is 13.2 Å². The Morgan fingerprint density at radius 2 is 1.67 bits per heavy atom. The van der Waals surface area contributed by atoms with Crippen LogP contribution in [0, 0.1) is 0 Å². The smallest absolute Gasteiger partial charge is 0.333 e. The van der Waals surface area contributed by atoms with Gasteiger partial charge in [0.2, 0.25) is 0 Å². The topological polar surface area (TPSA) is 76.0 Å². The molecule has 0 aromatic heterocycles. The van der Waals surface area contributed by atoms with E-state index in [4.69, 9.17) is 14.9 Å². The number of carbonyl (C=O) groups is 1. The summed E-state index contributed by atoms with van der Waals surface area (Å²) >= 11 is 0. The molecule has 0 rings (SSSR count). The van der Waals surface area contributed by atoms with E-state index < -0.39 is 0 Å². The maximum Gasteiger partial charge on any atom is 0.333 e. The summed E-state index contributed by atoms with van der Waals surface area (Å²) in [4.78, 5) is 10.5. The first-order valence-corrected chi connectivity index (χ1v) is 5.74. The lowest BCUT2D eigenvalue weighted by Gasteiger charge is -1.97. The summed E-state index contributed by atoms with van der Waals surface area (Å²) in [6.07, 6.45) is 1.51. The summed E-state index contributed by atoms with van der Waals surface area (Å²) in [6, 6.07) is 0. The Morgan fingerprint density at radius 3 is 1.83 bits per heavy atom. The Labute approximate surface area is 110 Å². The molecule has 0 saturated carbocycles. The van der Waals surface area contributed by atoms with Crippen LogP contribution in [0.3, 0.4) is 0 Å². The van der Waals surface area contributed by atoms with Crippen molar-refractivity contribution in [1.29, 1.82) is 0 Å². The van der Waals surface area contributed by atoms with Gasteiger partial charge >= 0.3 is 5.97 Å². The molecule has 0 atom stereocenters. The number of aliphatic hydroxyl groups is 2. The Bertz CT molecular complexity index is 198. The minimum atomic E-state index is -0.366. The number of rotatable bonds is 6. The number of aliphatic hydroxyl groups excluding tert-OH is 2. The van der Waals surface area contributed by atoms with Crippen LogP contribution in [0.15, 0.2) is 24.8 Å². The third-order valence-corrected chi connectivity index (χ3v) is 1.19. The van der Waals surface area contributed by atoms with Crippen LogP contribution in [0.5, 0.6) is 0 Å². The standard InChI is InChI=1S/C7H10O2.C4H10O.C2H6O2/c1-4-5-9-7(8)6(2)3;1-3-5-4-2;3-1-2-4/h4H,1-2,5H2,3H3;3-4H2,1-2H3;3-4H,1-2H2. The lowest BCUT2D eigenvalue weighted by molar-refractivity contribution is -0.137. The van der Waals surface area contributed by atoms with Gasteiger partial charge in [-0.1, -0.05) is 19.2 Å². The molecule has 5 nitrogen and oxygen atoms in total. The third kappa shape index (κ3) is 29.4. The van der Waals surface area contributed by atoms with Crippen molar-refractivity contribution in [3.05, 3.63) is 24.8 Å². The van der Waals surface area contributed by atoms with E-state index in [-0.39, 0.29) is 25.8 Å². The second-order valence-electron chi connectivity index (χ2n) is 2.90. The third-order valence-electron chi connectivity index (χ3n) is 1.19. The molecule has 2 N–H and O–H groups in total. The normalized spacial score (nSPS) is 8.06. The summed E-state index contributed by atoms with van der Waals surface area (Å²) in [6.45, 7) is 14.1. The van der Waals surface area contributed by atoms with Crippen LogP contribution in [0.2, 0.25) is 0 Å². The molecule has 0 aliphatic heterocycles. The molecule has 5 heteroatoms. The van der Waals surface area contributed by atoms with Crippen molar-refractivity contribution in [2.75, 3.05) is 33.0 Å². The average molecular weight is 262 g/mol. The van der Waals surface area contributed by atoms with Gasteiger partial charge in [-0.3, -0.25) is 0 Å². The Kier molecular flexibility index (Phi) is 25.9. The van der Waals surface area contributed by atoms with Crippen LogP contribution in [-0.2, 0) is 14.3 Å². The van der Waals surface area contributed by atoms with Gasteiger partial charge in [0.05, 0.1) is 13.2 Å². The fraction of sp³-hybridized carbons (Fsp3) is 0.615. The van der Waals surface area contributed by atoms with E-state index in [9.17, 15) is 4.79 Å². The van der Waals surface area contributed by atoms with Gasteiger partial charge in [0.25, 0.3) is 0 Å². The monoisotopic (exact) mass is 262 g/mol. The van der Waals surface area contributed by atoms with Crippen LogP contribution in [0.25, 0.3) is 0 Å². The molecule has 0 radical (unpaired) electrons. The SMILES string of the molecule is C=CCOC(=O)C(=C)C.CCOCC.OCCO. The van der Waals surface area contributed by atoms with E-state index in [0.29, 0.717) is 5.57 Å². The van der Waals surface area contributed by atoms with E-state index in [1.807, 2.05) is 13.8 Å². The fourth-order valence-corrected chi connectivity index (χ4v) is 0.462. The zero-order valence-corrected chi connectivity index (χ0v) is 11.6. The molecule has 0 amide bonds. The van der Waals surface area contributed by atoms with Gasteiger partial charge in [-0.25, -0.2) is 4.79 Å². The van der Waals surface area contributed by atoms with Crippen molar-refractivity contribution in [3.8, 4) is 0 Å². The predicted molar refractivity (Wildman–Crippen MR) is 72.3 cm³/mol. The van der Waals surface area contributed by atoms with Crippen LogP contribution in [0.1, 0.15) is 20.8 Å². The average Bonchev–Trinajstić information content (AvgIpc) is 2.37. The van der Waals surface area contributed by atoms with E-state index in [1.54, 1.807) is 6.92 Å². The van der Waals surface area contributed by atoms with Crippen molar-refractivity contribution in [2.45, 2.75) is 20.8 Å². The number of hydrogen-bond acceptors (Lipinski definition) is 5. The van der Waals surface area contributed by atoms with Gasteiger partial charge in [-0.05, 0) is 20.8 Å². The minimum Gasteiger partial charge on any atom is -0.458 e. The molecule has 0 bridgehead atoms. The van der Waals surface area contributed by atoms with Crippen molar-refractivity contribution in [1.82, 2.24) is 0 Å². The molecule has 0 aromatic carbocycles. The lowest BCUT2D eigenvalue weighted by Crippen LogP contribution is -2.03. The van der Waals surface area contributed by atoms with Crippen LogP contribution >= 0.6 is 0 Å². The van der Waals surface area contributed by atoms with E-state index in [2.05, 4.69) is 17.9 Å². The van der Waals surface area contributed by atoms with Crippen LogP contribution in [-0.4, -0.2) is 49.2 Å². The highest BCUT2D eigenvalue weighted by molar-refractivity contribution is 5.86. The van der Waals surface area contributed by atoms with Gasteiger partial charge in [-0.15, -0.1) is 0 Å². The molecule has 18 heavy (non-hydrogen) atoms. The highest BCUT2D eigenvalue weighted by Gasteiger charge is 1.98. The lowest BCUT2D eigenvalue weighted by atomic mass is 10.4. The molecule has 0 aromatic rings. The van der Waals surface area contributed by atoms with Crippen molar-refractivity contribution in [3.63, 3.8) is 0 Å². The van der Waals surface area contributed by atoms with Crippen LogP contribution < -0.4 is 0 Å². The fourth-order valence-electron chi connectivity index (χ4n) is 0.462.